The van der Waals surface area contributed by atoms with Crippen LogP contribution < -0.4 is 5.32 Å². The van der Waals surface area contributed by atoms with E-state index in [1.807, 2.05) is 24.3 Å². The zero-order chi connectivity index (χ0) is 11.8. The highest BCUT2D eigenvalue weighted by molar-refractivity contribution is 6.31. The van der Waals surface area contributed by atoms with E-state index in [2.05, 4.69) is 19.2 Å². The van der Waals surface area contributed by atoms with Gasteiger partial charge in [0.2, 0.25) is 0 Å². The lowest BCUT2D eigenvalue weighted by atomic mass is 10.2. The second kappa shape index (κ2) is 7.66. The molecule has 1 N–H and O–H groups in total. The molecule has 0 amide bonds. The molecule has 0 heterocycles. The maximum absolute atomic E-state index is 6.06. The molecule has 90 valence electrons. The first-order valence-electron chi connectivity index (χ1n) is 5.83. The quantitative estimate of drug-likeness (QED) is 0.791. The van der Waals surface area contributed by atoms with Crippen molar-refractivity contribution in [3.8, 4) is 0 Å². The molecule has 0 spiro atoms. The van der Waals surface area contributed by atoms with Gasteiger partial charge in [0.1, 0.15) is 0 Å². The molecule has 1 unspecified atom stereocenters. The molecule has 1 atom stereocenters. The number of ether oxygens (including phenoxy) is 1. The lowest BCUT2D eigenvalue weighted by molar-refractivity contribution is 0.0388. The lowest BCUT2D eigenvalue weighted by Gasteiger charge is -2.16. The van der Waals surface area contributed by atoms with E-state index in [1.54, 1.807) is 0 Å². The molecule has 0 aliphatic heterocycles. The van der Waals surface area contributed by atoms with E-state index in [1.165, 1.54) is 0 Å². The molecule has 0 aromatic heterocycles. The number of rotatable bonds is 7. The second-order valence-corrected chi connectivity index (χ2v) is 4.15. The topological polar surface area (TPSA) is 21.3 Å². The van der Waals surface area contributed by atoms with Crippen molar-refractivity contribution in [1.82, 2.24) is 5.32 Å². The number of benzene rings is 1. The third kappa shape index (κ3) is 4.52. The Morgan fingerprint density at radius 3 is 2.69 bits per heavy atom. The van der Waals surface area contributed by atoms with Gasteiger partial charge in [0.15, 0.2) is 0 Å². The van der Waals surface area contributed by atoms with E-state index >= 15 is 0 Å². The monoisotopic (exact) mass is 241 g/mol. The van der Waals surface area contributed by atoms with Crippen LogP contribution in [0.25, 0.3) is 0 Å². The summed E-state index contributed by atoms with van der Waals surface area (Å²) in [4.78, 5) is 0. The van der Waals surface area contributed by atoms with Gasteiger partial charge >= 0.3 is 0 Å². The molecule has 2 nitrogen and oxygen atoms in total. The molecule has 0 saturated heterocycles. The first-order valence-corrected chi connectivity index (χ1v) is 6.21. The third-order valence-corrected chi connectivity index (χ3v) is 2.88. The van der Waals surface area contributed by atoms with Gasteiger partial charge in [-0.2, -0.15) is 0 Å². The van der Waals surface area contributed by atoms with E-state index in [0.717, 1.165) is 30.1 Å². The van der Waals surface area contributed by atoms with Gasteiger partial charge in [0.25, 0.3) is 0 Å². The summed E-state index contributed by atoms with van der Waals surface area (Å²) < 4.78 is 5.81. The van der Waals surface area contributed by atoms with Crippen molar-refractivity contribution in [1.29, 1.82) is 0 Å². The summed E-state index contributed by atoms with van der Waals surface area (Å²) in [6.07, 6.45) is 1.27. The maximum Gasteiger partial charge on any atom is 0.0735 e. The van der Waals surface area contributed by atoms with Crippen LogP contribution in [-0.2, 0) is 11.3 Å². The largest absolute Gasteiger partial charge is 0.372 e. The van der Waals surface area contributed by atoms with Gasteiger partial charge in [-0.1, -0.05) is 43.6 Å². The number of likely N-dealkylation sites (N-methyl/N-ethyl adjacent to an activating group) is 1. The highest BCUT2D eigenvalue weighted by Crippen LogP contribution is 2.16. The zero-order valence-corrected chi connectivity index (χ0v) is 10.8. The number of hydrogen-bond acceptors (Lipinski definition) is 2. The zero-order valence-electron chi connectivity index (χ0n) is 10.0. The molecular weight excluding hydrogens is 222 g/mol. The predicted molar refractivity (Wildman–Crippen MR) is 68.9 cm³/mol. The van der Waals surface area contributed by atoms with Crippen LogP contribution in [0.5, 0.6) is 0 Å². The molecule has 1 aromatic carbocycles. The van der Waals surface area contributed by atoms with Gasteiger partial charge in [-0.15, -0.1) is 0 Å². The summed E-state index contributed by atoms with van der Waals surface area (Å²) in [5, 5.41) is 4.07. The molecule has 0 saturated carbocycles. The Hall–Kier alpha value is -0.570. The highest BCUT2D eigenvalue weighted by atomic mass is 35.5. The maximum atomic E-state index is 6.06. The minimum absolute atomic E-state index is 0.260. The third-order valence-electron chi connectivity index (χ3n) is 2.51. The Balaban J connectivity index is 2.40. The molecule has 0 aliphatic carbocycles. The van der Waals surface area contributed by atoms with Gasteiger partial charge in [0, 0.05) is 11.6 Å². The molecule has 16 heavy (non-hydrogen) atoms. The van der Waals surface area contributed by atoms with Crippen molar-refractivity contribution < 1.29 is 4.74 Å². The second-order valence-electron chi connectivity index (χ2n) is 3.74. The molecule has 1 aromatic rings. The van der Waals surface area contributed by atoms with Crippen LogP contribution >= 0.6 is 11.6 Å². The Morgan fingerprint density at radius 1 is 1.31 bits per heavy atom. The Labute approximate surface area is 103 Å². The van der Waals surface area contributed by atoms with Crippen LogP contribution in [0.2, 0.25) is 5.02 Å². The van der Waals surface area contributed by atoms with Gasteiger partial charge < -0.3 is 10.1 Å². The molecule has 0 fully saturated rings. The fraction of sp³-hybridized carbons (Fsp3) is 0.538. The van der Waals surface area contributed by atoms with Crippen molar-refractivity contribution in [2.24, 2.45) is 0 Å². The summed E-state index contributed by atoms with van der Waals surface area (Å²) in [6.45, 7) is 6.70. The fourth-order valence-corrected chi connectivity index (χ4v) is 1.64. The average molecular weight is 242 g/mol. The molecule has 1 rings (SSSR count). The van der Waals surface area contributed by atoms with Crippen molar-refractivity contribution in [3.63, 3.8) is 0 Å². The average Bonchev–Trinajstić information content (AvgIpc) is 2.31. The number of nitrogens with one attached hydrogen (secondary N) is 1. The minimum atomic E-state index is 0.260. The van der Waals surface area contributed by atoms with Gasteiger partial charge in [-0.05, 0) is 24.6 Å². The Morgan fingerprint density at radius 2 is 2.06 bits per heavy atom. The SMILES string of the molecule is CCNCC(CC)OCc1ccccc1Cl. The summed E-state index contributed by atoms with van der Waals surface area (Å²) in [6, 6.07) is 7.81. The normalized spacial score (nSPS) is 12.7. The molecule has 0 bridgehead atoms. The standard InChI is InChI=1S/C13H20ClNO/c1-3-12(9-15-4-2)16-10-11-7-5-6-8-13(11)14/h5-8,12,15H,3-4,9-10H2,1-2H3. The molecule has 0 aliphatic rings. The van der Waals surface area contributed by atoms with E-state index in [4.69, 9.17) is 16.3 Å². The van der Waals surface area contributed by atoms with Gasteiger partial charge in [0.05, 0.1) is 12.7 Å². The number of hydrogen-bond donors (Lipinski definition) is 1. The van der Waals surface area contributed by atoms with Crippen LogP contribution in [0.4, 0.5) is 0 Å². The van der Waals surface area contributed by atoms with Crippen LogP contribution in [-0.4, -0.2) is 19.2 Å². The molecule has 3 heteroatoms. The lowest BCUT2D eigenvalue weighted by Crippen LogP contribution is -2.28. The van der Waals surface area contributed by atoms with Gasteiger partial charge in [-0.3, -0.25) is 0 Å². The summed E-state index contributed by atoms with van der Waals surface area (Å²) in [5.41, 5.74) is 1.05. The van der Waals surface area contributed by atoms with E-state index in [0.29, 0.717) is 6.61 Å². The molecular formula is C13H20ClNO. The summed E-state index contributed by atoms with van der Waals surface area (Å²) in [5.74, 6) is 0. The predicted octanol–water partition coefficient (Wildman–Crippen LogP) is 3.24. The first kappa shape index (κ1) is 13.5. The molecule has 0 radical (unpaired) electrons. The van der Waals surface area contributed by atoms with E-state index < -0.39 is 0 Å². The Kier molecular flexibility index (Phi) is 6.46. The van der Waals surface area contributed by atoms with E-state index in [9.17, 15) is 0 Å². The smallest absolute Gasteiger partial charge is 0.0735 e. The van der Waals surface area contributed by atoms with E-state index in [-0.39, 0.29) is 6.10 Å². The van der Waals surface area contributed by atoms with Crippen molar-refractivity contribution in [3.05, 3.63) is 34.9 Å². The first-order chi connectivity index (χ1) is 7.77. The van der Waals surface area contributed by atoms with Gasteiger partial charge in [-0.25, -0.2) is 0 Å². The fourth-order valence-electron chi connectivity index (χ4n) is 1.45. The highest BCUT2D eigenvalue weighted by Gasteiger charge is 2.07. The van der Waals surface area contributed by atoms with Crippen molar-refractivity contribution >= 4 is 11.6 Å². The minimum Gasteiger partial charge on any atom is -0.372 e. The summed E-state index contributed by atoms with van der Waals surface area (Å²) >= 11 is 6.06. The van der Waals surface area contributed by atoms with Crippen LogP contribution in [0.1, 0.15) is 25.8 Å². The van der Waals surface area contributed by atoms with Crippen LogP contribution in [0.15, 0.2) is 24.3 Å². The Bertz CT molecular complexity index is 304. The summed E-state index contributed by atoms with van der Waals surface area (Å²) in [7, 11) is 0. The van der Waals surface area contributed by atoms with Crippen molar-refractivity contribution in [2.45, 2.75) is 33.0 Å². The number of halogens is 1. The van der Waals surface area contributed by atoms with Crippen LogP contribution in [0, 0.1) is 0 Å². The van der Waals surface area contributed by atoms with Crippen LogP contribution in [0.3, 0.4) is 0 Å². The van der Waals surface area contributed by atoms with Crippen molar-refractivity contribution in [2.75, 3.05) is 13.1 Å².